The lowest BCUT2D eigenvalue weighted by atomic mass is 10.1. The van der Waals surface area contributed by atoms with Crippen molar-refractivity contribution in [3.63, 3.8) is 0 Å². The highest BCUT2D eigenvalue weighted by Gasteiger charge is 2.14. The lowest BCUT2D eigenvalue weighted by Crippen LogP contribution is -2.30. The second-order valence-corrected chi connectivity index (χ2v) is 6.88. The lowest BCUT2D eigenvalue weighted by molar-refractivity contribution is 0.109. The molecule has 3 aromatic carbocycles. The number of nitrogens with zero attached hydrogens (tertiary/aromatic N) is 1. The quantitative estimate of drug-likeness (QED) is 0.635. The Morgan fingerprint density at radius 1 is 0.769 bits per heavy atom. The summed E-state index contributed by atoms with van der Waals surface area (Å²) >= 11 is 0. The average Bonchev–Trinajstić information content (AvgIpc) is 2.69. The molecule has 2 heteroatoms. The lowest BCUT2D eigenvalue weighted by Gasteiger charge is -2.25. The maximum Gasteiger partial charge on any atom is 0.0917 e. The third-order valence-electron chi connectivity index (χ3n) is 4.70. The maximum atomic E-state index is 10.7. The molecule has 2 nitrogen and oxygen atoms in total. The van der Waals surface area contributed by atoms with Gasteiger partial charge in [0.2, 0.25) is 0 Å². The zero-order valence-corrected chi connectivity index (χ0v) is 15.4. The number of rotatable bonds is 8. The van der Waals surface area contributed by atoms with Crippen LogP contribution in [0.5, 0.6) is 0 Å². The molecule has 0 amide bonds. The van der Waals surface area contributed by atoms with Crippen molar-refractivity contribution in [2.75, 3.05) is 13.1 Å². The number of aliphatic hydroxyl groups excluding tert-OH is 1. The summed E-state index contributed by atoms with van der Waals surface area (Å²) in [5, 5.41) is 10.7. The van der Waals surface area contributed by atoms with Gasteiger partial charge in [0.05, 0.1) is 6.10 Å². The van der Waals surface area contributed by atoms with Gasteiger partial charge in [0.15, 0.2) is 0 Å². The van der Waals surface area contributed by atoms with E-state index in [1.165, 1.54) is 16.7 Å². The number of hydrogen-bond donors (Lipinski definition) is 1. The van der Waals surface area contributed by atoms with Crippen LogP contribution in [0.2, 0.25) is 0 Å². The molecule has 0 spiro atoms. The highest BCUT2D eigenvalue weighted by Crippen LogP contribution is 2.16. The van der Waals surface area contributed by atoms with Gasteiger partial charge in [-0.2, -0.15) is 0 Å². The van der Waals surface area contributed by atoms with E-state index >= 15 is 0 Å². The van der Waals surface area contributed by atoms with Crippen molar-refractivity contribution in [1.82, 2.24) is 4.90 Å². The maximum absolute atomic E-state index is 10.7. The minimum atomic E-state index is -0.474. The van der Waals surface area contributed by atoms with Crippen molar-refractivity contribution in [1.29, 1.82) is 0 Å². The Balaban J connectivity index is 1.67. The van der Waals surface area contributed by atoms with Gasteiger partial charge in [-0.3, -0.25) is 4.90 Å². The van der Waals surface area contributed by atoms with Crippen LogP contribution in [-0.4, -0.2) is 23.1 Å². The van der Waals surface area contributed by atoms with Crippen molar-refractivity contribution >= 4 is 0 Å². The molecule has 0 heterocycles. The minimum Gasteiger partial charge on any atom is -0.387 e. The van der Waals surface area contributed by atoms with Gasteiger partial charge in [-0.05, 0) is 30.0 Å². The first-order valence-corrected chi connectivity index (χ1v) is 9.25. The van der Waals surface area contributed by atoms with E-state index in [4.69, 9.17) is 0 Å². The number of hydrogen-bond acceptors (Lipinski definition) is 2. The third kappa shape index (κ3) is 5.55. The number of aryl methyl sites for hydroxylation is 1. The SMILES string of the molecule is Cc1ccc(CCN(Cc2ccccc2)CC(O)c2ccccc2)cc1. The number of aliphatic hydroxyl groups is 1. The fourth-order valence-electron chi connectivity index (χ4n) is 3.14. The fraction of sp³-hybridized carbons (Fsp3) is 0.250. The summed E-state index contributed by atoms with van der Waals surface area (Å²) in [5.74, 6) is 0. The summed E-state index contributed by atoms with van der Waals surface area (Å²) in [6, 6.07) is 29.1. The summed E-state index contributed by atoms with van der Waals surface area (Å²) in [5.41, 5.74) is 4.87. The smallest absolute Gasteiger partial charge is 0.0917 e. The van der Waals surface area contributed by atoms with Crippen LogP contribution in [0, 0.1) is 6.92 Å². The van der Waals surface area contributed by atoms with Gasteiger partial charge in [0.25, 0.3) is 0 Å². The topological polar surface area (TPSA) is 23.5 Å². The predicted molar refractivity (Wildman–Crippen MR) is 108 cm³/mol. The Kier molecular flexibility index (Phi) is 6.59. The Bertz CT molecular complexity index is 768. The molecule has 1 unspecified atom stereocenters. The molecule has 3 rings (SSSR count). The average molecular weight is 345 g/mol. The summed E-state index contributed by atoms with van der Waals surface area (Å²) in [7, 11) is 0. The third-order valence-corrected chi connectivity index (χ3v) is 4.70. The highest BCUT2D eigenvalue weighted by atomic mass is 16.3. The normalized spacial score (nSPS) is 12.3. The summed E-state index contributed by atoms with van der Waals surface area (Å²) in [4.78, 5) is 2.34. The van der Waals surface area contributed by atoms with Gasteiger partial charge in [0.1, 0.15) is 0 Å². The molecule has 0 aliphatic carbocycles. The van der Waals surface area contributed by atoms with Crippen LogP contribution in [0.1, 0.15) is 28.4 Å². The van der Waals surface area contributed by atoms with Gasteiger partial charge >= 0.3 is 0 Å². The molecule has 3 aromatic rings. The van der Waals surface area contributed by atoms with Gasteiger partial charge in [0, 0.05) is 19.6 Å². The van der Waals surface area contributed by atoms with E-state index in [1.807, 2.05) is 36.4 Å². The molecular formula is C24H27NO. The first-order chi connectivity index (χ1) is 12.7. The highest BCUT2D eigenvalue weighted by molar-refractivity contribution is 5.22. The molecule has 1 N–H and O–H groups in total. The second-order valence-electron chi connectivity index (χ2n) is 6.88. The summed E-state index contributed by atoms with van der Waals surface area (Å²) in [6.45, 7) is 4.50. The van der Waals surface area contributed by atoms with Crippen molar-refractivity contribution in [2.45, 2.75) is 26.0 Å². The van der Waals surface area contributed by atoms with Crippen LogP contribution in [0.3, 0.4) is 0 Å². The predicted octanol–water partition coefficient (Wildman–Crippen LogP) is 4.77. The Hall–Kier alpha value is -2.42. The first kappa shape index (κ1) is 18.4. The molecule has 0 radical (unpaired) electrons. The first-order valence-electron chi connectivity index (χ1n) is 9.25. The summed E-state index contributed by atoms with van der Waals surface area (Å²) < 4.78 is 0. The molecule has 0 aliphatic heterocycles. The Morgan fingerprint density at radius 3 is 2.04 bits per heavy atom. The van der Waals surface area contributed by atoms with Crippen molar-refractivity contribution in [3.05, 3.63) is 107 Å². The van der Waals surface area contributed by atoms with Crippen LogP contribution in [0.4, 0.5) is 0 Å². The molecule has 0 fully saturated rings. The van der Waals surface area contributed by atoms with Crippen LogP contribution >= 0.6 is 0 Å². The van der Waals surface area contributed by atoms with E-state index in [0.717, 1.165) is 25.1 Å². The van der Waals surface area contributed by atoms with Crippen molar-refractivity contribution in [2.24, 2.45) is 0 Å². The molecule has 0 aromatic heterocycles. The molecule has 0 bridgehead atoms. The summed E-state index contributed by atoms with van der Waals surface area (Å²) in [6.07, 6.45) is 0.507. The Morgan fingerprint density at radius 2 is 1.38 bits per heavy atom. The van der Waals surface area contributed by atoms with E-state index < -0.39 is 6.10 Å². The zero-order valence-electron chi connectivity index (χ0n) is 15.4. The molecule has 0 aliphatic rings. The molecule has 0 saturated heterocycles. The van der Waals surface area contributed by atoms with Gasteiger partial charge in [-0.15, -0.1) is 0 Å². The standard InChI is InChI=1S/C24H27NO/c1-20-12-14-21(15-13-20)16-17-25(18-22-8-4-2-5-9-22)19-24(26)23-10-6-3-7-11-23/h2-15,24,26H,16-19H2,1H3. The van der Waals surface area contributed by atoms with Crippen molar-refractivity contribution in [3.8, 4) is 0 Å². The van der Waals surface area contributed by atoms with Crippen LogP contribution in [0.15, 0.2) is 84.9 Å². The molecule has 134 valence electrons. The number of benzene rings is 3. The monoisotopic (exact) mass is 345 g/mol. The molecule has 26 heavy (non-hydrogen) atoms. The van der Waals surface area contributed by atoms with Crippen LogP contribution < -0.4 is 0 Å². The zero-order chi connectivity index (χ0) is 18.2. The van der Waals surface area contributed by atoms with E-state index in [0.29, 0.717) is 6.54 Å². The van der Waals surface area contributed by atoms with E-state index in [9.17, 15) is 5.11 Å². The van der Waals surface area contributed by atoms with Crippen molar-refractivity contribution < 1.29 is 5.11 Å². The fourth-order valence-corrected chi connectivity index (χ4v) is 3.14. The van der Waals surface area contributed by atoms with E-state index in [1.54, 1.807) is 0 Å². The van der Waals surface area contributed by atoms with Crippen LogP contribution in [-0.2, 0) is 13.0 Å². The van der Waals surface area contributed by atoms with Crippen LogP contribution in [0.25, 0.3) is 0 Å². The van der Waals surface area contributed by atoms with E-state index in [-0.39, 0.29) is 0 Å². The molecule has 1 atom stereocenters. The molecular weight excluding hydrogens is 318 g/mol. The van der Waals surface area contributed by atoms with Gasteiger partial charge in [-0.25, -0.2) is 0 Å². The second kappa shape index (κ2) is 9.33. The van der Waals surface area contributed by atoms with E-state index in [2.05, 4.69) is 60.4 Å². The minimum absolute atomic E-state index is 0.474. The largest absolute Gasteiger partial charge is 0.387 e. The molecule has 0 saturated carbocycles. The Labute approximate surface area is 156 Å². The van der Waals surface area contributed by atoms with Gasteiger partial charge in [-0.1, -0.05) is 90.5 Å². The van der Waals surface area contributed by atoms with Gasteiger partial charge < -0.3 is 5.11 Å².